The van der Waals surface area contributed by atoms with Crippen LogP contribution < -0.4 is 25.0 Å². The fraction of sp³-hybridized carbons (Fsp3) is 0.0323. The molecular weight excluding hydrogens is 581 g/mol. The molecule has 0 spiro atoms. The van der Waals surface area contributed by atoms with E-state index in [-0.39, 0.29) is 28.8 Å². The Bertz CT molecular complexity index is 1710. The summed E-state index contributed by atoms with van der Waals surface area (Å²) in [5.74, 6) is -0.355. The zero-order chi connectivity index (χ0) is 29.5. The molecule has 0 fully saturated rings. The molecule has 2 N–H and O–H groups in total. The van der Waals surface area contributed by atoms with E-state index in [9.17, 15) is 14.4 Å². The second kappa shape index (κ2) is 13.0. The molecule has 0 bridgehead atoms. The zero-order valence-corrected chi connectivity index (χ0v) is 23.2. The number of hydrazone groups is 1. The molecule has 2 amide bonds. The van der Waals surface area contributed by atoms with Gasteiger partial charge < -0.3 is 19.5 Å². The van der Waals surface area contributed by atoms with Gasteiger partial charge in [-0.25, -0.2) is 10.2 Å². The van der Waals surface area contributed by atoms with Crippen LogP contribution in [0.15, 0.2) is 102 Å². The van der Waals surface area contributed by atoms with E-state index in [0.29, 0.717) is 33.2 Å². The first-order valence-corrected chi connectivity index (χ1v) is 13.2. The molecule has 5 rings (SSSR count). The molecule has 0 unspecified atom stereocenters. The van der Waals surface area contributed by atoms with E-state index in [1.165, 1.54) is 24.4 Å². The number of hydrogen-bond acceptors (Lipinski definition) is 7. The summed E-state index contributed by atoms with van der Waals surface area (Å²) in [6, 6.07) is 24.5. The highest BCUT2D eigenvalue weighted by Crippen LogP contribution is 2.33. The molecule has 4 aromatic carbocycles. The Morgan fingerprint density at radius 1 is 0.833 bits per heavy atom. The maximum absolute atomic E-state index is 13.1. The molecule has 4 aromatic rings. The third kappa shape index (κ3) is 7.14. The topological polar surface area (TPSA) is 115 Å². The molecule has 1 heterocycles. The Labute approximate surface area is 250 Å². The van der Waals surface area contributed by atoms with Crippen LogP contribution >= 0.6 is 23.2 Å². The number of ether oxygens (including phenoxy) is 3. The Kier molecular flexibility index (Phi) is 8.81. The summed E-state index contributed by atoms with van der Waals surface area (Å²) in [7, 11) is 0. The van der Waals surface area contributed by atoms with Gasteiger partial charge in [-0.2, -0.15) is 5.10 Å². The number of nitrogens with zero attached hydrogens (tertiary/aromatic N) is 1. The first kappa shape index (κ1) is 28.4. The number of carbonyl (C=O) groups is 3. The number of esters is 1. The van der Waals surface area contributed by atoms with E-state index in [2.05, 4.69) is 15.8 Å². The van der Waals surface area contributed by atoms with Crippen LogP contribution in [0.2, 0.25) is 10.0 Å². The fourth-order valence-corrected chi connectivity index (χ4v) is 4.26. The number of carbonyl (C=O) groups excluding carboxylic acids is 3. The van der Waals surface area contributed by atoms with Gasteiger partial charge in [0.15, 0.2) is 11.5 Å². The first-order chi connectivity index (χ1) is 20.4. The van der Waals surface area contributed by atoms with Crippen LogP contribution in [0.25, 0.3) is 6.08 Å². The Morgan fingerprint density at radius 3 is 2.33 bits per heavy atom. The van der Waals surface area contributed by atoms with Crippen molar-refractivity contribution in [2.45, 2.75) is 0 Å². The number of hydrogen-bond donors (Lipinski definition) is 2. The lowest BCUT2D eigenvalue weighted by atomic mass is 10.1. The predicted octanol–water partition coefficient (Wildman–Crippen LogP) is 5.86. The van der Waals surface area contributed by atoms with Gasteiger partial charge in [0.1, 0.15) is 11.4 Å². The first-order valence-electron chi connectivity index (χ1n) is 12.4. The van der Waals surface area contributed by atoms with Crippen molar-refractivity contribution in [1.82, 2.24) is 10.7 Å². The normalized spacial score (nSPS) is 12.2. The van der Waals surface area contributed by atoms with E-state index >= 15 is 0 Å². The molecule has 11 heteroatoms. The van der Waals surface area contributed by atoms with E-state index in [4.69, 9.17) is 37.4 Å². The Balaban J connectivity index is 1.26. The predicted molar refractivity (Wildman–Crippen MR) is 158 cm³/mol. The molecule has 0 aromatic heterocycles. The van der Waals surface area contributed by atoms with Crippen LogP contribution in [-0.2, 0) is 4.79 Å². The third-order valence-electron chi connectivity index (χ3n) is 5.86. The molecule has 0 radical (unpaired) electrons. The van der Waals surface area contributed by atoms with Crippen LogP contribution in [-0.4, -0.2) is 30.8 Å². The number of halogens is 2. The lowest BCUT2D eigenvalue weighted by molar-refractivity contribution is -0.117. The zero-order valence-electron chi connectivity index (χ0n) is 21.7. The number of fused-ring (bicyclic) bond motifs is 1. The number of rotatable bonds is 8. The molecule has 42 heavy (non-hydrogen) atoms. The second-order valence-corrected chi connectivity index (χ2v) is 9.62. The van der Waals surface area contributed by atoms with E-state index in [0.717, 1.165) is 0 Å². The lowest BCUT2D eigenvalue weighted by Crippen LogP contribution is -2.32. The summed E-state index contributed by atoms with van der Waals surface area (Å²) >= 11 is 11.9. The van der Waals surface area contributed by atoms with E-state index in [1.54, 1.807) is 78.9 Å². The van der Waals surface area contributed by atoms with Gasteiger partial charge in [-0.1, -0.05) is 47.5 Å². The maximum atomic E-state index is 13.1. The smallest absolute Gasteiger partial charge is 0.345 e. The van der Waals surface area contributed by atoms with Gasteiger partial charge in [-0.3, -0.25) is 9.59 Å². The van der Waals surface area contributed by atoms with Gasteiger partial charge in [0, 0.05) is 10.6 Å². The lowest BCUT2D eigenvalue weighted by Gasteiger charge is -2.09. The van der Waals surface area contributed by atoms with Gasteiger partial charge in [-0.05, 0) is 83.9 Å². The largest absolute Gasteiger partial charge is 0.454 e. The molecule has 0 saturated carbocycles. The van der Waals surface area contributed by atoms with Gasteiger partial charge in [-0.15, -0.1) is 0 Å². The van der Waals surface area contributed by atoms with Gasteiger partial charge >= 0.3 is 5.97 Å². The second-order valence-electron chi connectivity index (χ2n) is 8.77. The molecule has 0 aliphatic carbocycles. The van der Waals surface area contributed by atoms with E-state index < -0.39 is 17.8 Å². The fourth-order valence-electron chi connectivity index (χ4n) is 3.78. The molecule has 0 saturated heterocycles. The summed E-state index contributed by atoms with van der Waals surface area (Å²) in [4.78, 5) is 38.3. The maximum Gasteiger partial charge on any atom is 0.345 e. The number of benzene rings is 4. The van der Waals surface area contributed by atoms with Crippen molar-refractivity contribution < 1.29 is 28.6 Å². The van der Waals surface area contributed by atoms with Crippen molar-refractivity contribution in [3.63, 3.8) is 0 Å². The van der Waals surface area contributed by atoms with Crippen LogP contribution in [0.4, 0.5) is 0 Å². The summed E-state index contributed by atoms with van der Waals surface area (Å²) < 4.78 is 16.1. The van der Waals surface area contributed by atoms with Crippen molar-refractivity contribution in [1.29, 1.82) is 0 Å². The Hall–Kier alpha value is -5.12. The number of nitrogens with one attached hydrogen (secondary N) is 2. The minimum absolute atomic E-state index is 0.0389. The average molecular weight is 602 g/mol. The third-order valence-corrected chi connectivity index (χ3v) is 6.41. The van der Waals surface area contributed by atoms with Crippen LogP contribution in [0, 0.1) is 0 Å². The quantitative estimate of drug-likeness (QED) is 0.0859. The highest BCUT2D eigenvalue weighted by Gasteiger charge is 2.17. The average Bonchev–Trinajstić information content (AvgIpc) is 3.46. The Morgan fingerprint density at radius 2 is 1.57 bits per heavy atom. The van der Waals surface area contributed by atoms with Crippen molar-refractivity contribution in [2.24, 2.45) is 5.10 Å². The summed E-state index contributed by atoms with van der Waals surface area (Å²) in [6.07, 6.45) is 2.90. The molecule has 9 nitrogen and oxygen atoms in total. The van der Waals surface area contributed by atoms with Crippen LogP contribution in [0.1, 0.15) is 31.8 Å². The molecule has 210 valence electrons. The van der Waals surface area contributed by atoms with Gasteiger partial charge in [0.05, 0.1) is 16.8 Å². The minimum Gasteiger partial charge on any atom is -0.454 e. The SMILES string of the molecule is O=C(N/N=C/c1ccc(OC(=O)c2ccc(Cl)cc2Cl)cc1)/C(=C\c1ccc2c(c1)OCO2)NC(=O)c1ccccc1. The van der Waals surface area contributed by atoms with Crippen molar-refractivity contribution >= 4 is 53.3 Å². The van der Waals surface area contributed by atoms with Crippen molar-refractivity contribution in [3.8, 4) is 17.2 Å². The summed E-state index contributed by atoms with van der Waals surface area (Å²) in [6.45, 7) is 0.107. The minimum atomic E-state index is -0.654. The van der Waals surface area contributed by atoms with Crippen molar-refractivity contribution in [2.75, 3.05) is 6.79 Å². The standard InChI is InChI=1S/C31H21Cl2N3O6/c32-22-9-12-24(25(33)16-22)31(39)42-23-10-6-19(7-11-23)17-34-36-30(38)26(35-29(37)21-4-2-1-3-5-21)14-20-8-13-27-28(15-20)41-18-40-27/h1-17H,18H2,(H,35,37)(H,36,38)/b26-14+,34-17+. The summed E-state index contributed by atoms with van der Waals surface area (Å²) in [5.41, 5.74) is 4.15. The van der Waals surface area contributed by atoms with Gasteiger partial charge in [0.25, 0.3) is 11.8 Å². The number of amides is 2. The molecule has 0 atom stereocenters. The molecule has 1 aliphatic rings. The summed E-state index contributed by atoms with van der Waals surface area (Å²) in [5, 5.41) is 7.23. The highest BCUT2D eigenvalue weighted by atomic mass is 35.5. The molecule has 1 aliphatic heterocycles. The highest BCUT2D eigenvalue weighted by molar-refractivity contribution is 6.36. The van der Waals surface area contributed by atoms with Crippen molar-refractivity contribution in [3.05, 3.63) is 129 Å². The molecular formula is C31H21Cl2N3O6. The van der Waals surface area contributed by atoms with E-state index in [1.807, 2.05) is 0 Å². The van der Waals surface area contributed by atoms with Gasteiger partial charge in [0.2, 0.25) is 6.79 Å². The van der Waals surface area contributed by atoms with Crippen LogP contribution in [0.3, 0.4) is 0 Å². The monoisotopic (exact) mass is 601 g/mol. The van der Waals surface area contributed by atoms with Crippen LogP contribution in [0.5, 0.6) is 17.2 Å².